The number of carbonyl (C=O) groups excluding carboxylic acids is 1. The summed E-state index contributed by atoms with van der Waals surface area (Å²) in [6.07, 6.45) is 1.74. The summed E-state index contributed by atoms with van der Waals surface area (Å²) in [5, 5.41) is 0. The Morgan fingerprint density at radius 3 is 2.60 bits per heavy atom. The Balaban J connectivity index is 0. The van der Waals surface area contributed by atoms with Crippen LogP contribution < -0.4 is 5.90 Å². The van der Waals surface area contributed by atoms with E-state index in [9.17, 15) is 4.79 Å². The normalized spacial score (nSPS) is 8.33. The van der Waals surface area contributed by atoms with Gasteiger partial charge in [0.05, 0.1) is 12.9 Å². The Morgan fingerprint density at radius 2 is 2.07 bits per heavy atom. The van der Waals surface area contributed by atoms with E-state index in [0.717, 1.165) is 11.1 Å². The molecule has 0 aliphatic heterocycles. The molecule has 2 N–H and O–H groups in total. The number of allylic oxidation sites excluding steroid dienone is 1. The van der Waals surface area contributed by atoms with Crippen molar-refractivity contribution in [2.24, 2.45) is 5.90 Å². The zero-order valence-electron chi connectivity index (χ0n) is 8.69. The van der Waals surface area contributed by atoms with Gasteiger partial charge in [-0.15, -0.1) is 11.6 Å². The maximum atomic E-state index is 10.4. The molecule has 15 heavy (non-hydrogen) atoms. The van der Waals surface area contributed by atoms with Gasteiger partial charge in [0.15, 0.2) is 0 Å². The summed E-state index contributed by atoms with van der Waals surface area (Å²) in [4.78, 5) is 14.9. The Labute approximate surface area is 116 Å². The van der Waals surface area contributed by atoms with E-state index >= 15 is 0 Å². The van der Waals surface area contributed by atoms with E-state index in [2.05, 4.69) is 11.4 Å². The van der Waals surface area contributed by atoms with Crippen LogP contribution in [0.25, 0.3) is 5.57 Å². The van der Waals surface area contributed by atoms with Crippen molar-refractivity contribution < 1.29 is 42.3 Å². The predicted molar refractivity (Wildman–Crippen MR) is 56.6 cm³/mol. The van der Waals surface area contributed by atoms with Crippen LogP contribution in [-0.4, -0.2) is 6.29 Å². The van der Waals surface area contributed by atoms with Crippen LogP contribution in [0, 0.1) is 7.43 Å². The Morgan fingerprint density at radius 1 is 1.47 bits per heavy atom. The van der Waals surface area contributed by atoms with Crippen molar-refractivity contribution in [3.05, 3.63) is 49.4 Å². The SMILES string of the molecule is C=C([C-]=O)c1ccccc1CON.[CH3-].[Y]. The van der Waals surface area contributed by atoms with Gasteiger partial charge in [0.2, 0.25) is 0 Å². The standard InChI is InChI=1S/C10H10NO2.CH3.Y/c1-8(6-12)10-5-3-2-4-9(10)7-13-11;;/h2-5H,1,7,11H2;1H3;/q2*-1;. The molecule has 3 nitrogen and oxygen atoms in total. The maximum absolute atomic E-state index is 10.4. The largest absolute Gasteiger partial charge is 0.376 e. The molecule has 4 heteroatoms. The molecule has 0 amide bonds. The van der Waals surface area contributed by atoms with Gasteiger partial charge in [0.1, 0.15) is 0 Å². The molecule has 1 radical (unpaired) electrons. The fourth-order valence-corrected chi connectivity index (χ4v) is 1.09. The second-order valence-corrected chi connectivity index (χ2v) is 2.55. The van der Waals surface area contributed by atoms with Gasteiger partial charge in [0, 0.05) is 32.7 Å². The first-order valence-electron chi connectivity index (χ1n) is 3.76. The quantitative estimate of drug-likeness (QED) is 0.518. The first-order chi connectivity index (χ1) is 6.29. The molecule has 0 saturated carbocycles. The van der Waals surface area contributed by atoms with Crippen LogP contribution in [0.3, 0.4) is 0 Å². The summed E-state index contributed by atoms with van der Waals surface area (Å²) in [6, 6.07) is 7.26. The van der Waals surface area contributed by atoms with Crippen molar-refractivity contribution >= 4 is 11.9 Å². The van der Waals surface area contributed by atoms with Gasteiger partial charge in [0.25, 0.3) is 0 Å². The molecule has 0 bridgehead atoms. The van der Waals surface area contributed by atoms with Crippen molar-refractivity contribution in [1.82, 2.24) is 0 Å². The average molecular weight is 280 g/mol. The van der Waals surface area contributed by atoms with E-state index in [1.165, 1.54) is 0 Å². The Kier molecular flexibility index (Phi) is 10.1. The van der Waals surface area contributed by atoms with Crippen molar-refractivity contribution in [1.29, 1.82) is 0 Å². The minimum atomic E-state index is 0. The van der Waals surface area contributed by atoms with Crippen molar-refractivity contribution in [2.45, 2.75) is 6.61 Å². The zero-order valence-corrected chi connectivity index (χ0v) is 11.5. The van der Waals surface area contributed by atoms with E-state index in [1.54, 1.807) is 12.4 Å². The zero-order chi connectivity index (χ0) is 9.68. The second-order valence-electron chi connectivity index (χ2n) is 2.55. The third kappa shape index (κ3) is 4.80. The predicted octanol–water partition coefficient (Wildman–Crippen LogP) is 1.65. The third-order valence-corrected chi connectivity index (χ3v) is 1.70. The molecule has 0 saturated heterocycles. The van der Waals surface area contributed by atoms with Crippen LogP contribution in [0.2, 0.25) is 0 Å². The minimum absolute atomic E-state index is 0. The second kappa shape index (κ2) is 8.92. The van der Waals surface area contributed by atoms with Crippen LogP contribution in [0.4, 0.5) is 0 Å². The molecule has 0 unspecified atom stereocenters. The number of hydrogen-bond acceptors (Lipinski definition) is 3. The summed E-state index contributed by atoms with van der Waals surface area (Å²) in [5.41, 5.74) is 1.87. The van der Waals surface area contributed by atoms with Crippen LogP contribution in [0.5, 0.6) is 0 Å². The van der Waals surface area contributed by atoms with Gasteiger partial charge in [-0.1, -0.05) is 23.8 Å². The summed E-state index contributed by atoms with van der Waals surface area (Å²) >= 11 is 0. The van der Waals surface area contributed by atoms with Crippen molar-refractivity contribution in [3.8, 4) is 0 Å². The molecule has 79 valence electrons. The number of nitrogens with two attached hydrogens (primary N) is 1. The van der Waals surface area contributed by atoms with E-state index in [4.69, 9.17) is 5.90 Å². The first kappa shape index (κ1) is 17.1. The summed E-state index contributed by atoms with van der Waals surface area (Å²) in [6.45, 7) is 3.83. The van der Waals surface area contributed by atoms with Gasteiger partial charge in [-0.3, -0.25) is 0 Å². The molecule has 0 aromatic heterocycles. The van der Waals surface area contributed by atoms with Crippen molar-refractivity contribution in [2.75, 3.05) is 0 Å². The van der Waals surface area contributed by atoms with Crippen molar-refractivity contribution in [3.63, 3.8) is 0 Å². The smallest absolute Gasteiger partial charge is 0.0824 e. The molecule has 0 aliphatic carbocycles. The van der Waals surface area contributed by atoms with Crippen LogP contribution >= 0.6 is 0 Å². The average Bonchev–Trinajstić information content (AvgIpc) is 2.18. The molecular formula is C11H13NO2Y-2. The molecule has 1 rings (SSSR count). The van der Waals surface area contributed by atoms with Crippen LogP contribution in [0.1, 0.15) is 11.1 Å². The third-order valence-electron chi connectivity index (χ3n) is 1.70. The summed E-state index contributed by atoms with van der Waals surface area (Å²) in [7, 11) is 0. The topological polar surface area (TPSA) is 52.3 Å². The number of hydrogen-bond donors (Lipinski definition) is 1. The number of rotatable bonds is 4. The number of benzene rings is 1. The van der Waals surface area contributed by atoms with Gasteiger partial charge in [-0.2, -0.15) is 12.2 Å². The van der Waals surface area contributed by atoms with E-state index in [0.29, 0.717) is 5.57 Å². The Hall–Kier alpha value is -0.346. The van der Waals surface area contributed by atoms with E-state index < -0.39 is 0 Å². The Bertz CT molecular complexity index is 326. The molecular weight excluding hydrogens is 267 g/mol. The molecule has 0 atom stereocenters. The van der Waals surface area contributed by atoms with Crippen LogP contribution in [-0.2, 0) is 48.9 Å². The molecule has 0 fully saturated rings. The fourth-order valence-electron chi connectivity index (χ4n) is 1.09. The maximum Gasteiger partial charge on any atom is 0.0824 e. The fraction of sp³-hybridized carbons (Fsp3) is 0.0909. The van der Waals surface area contributed by atoms with Gasteiger partial charge in [-0.05, 0) is 0 Å². The minimum Gasteiger partial charge on any atom is -0.376 e. The molecule has 0 aliphatic rings. The summed E-state index contributed by atoms with van der Waals surface area (Å²) < 4.78 is 0. The van der Waals surface area contributed by atoms with E-state index in [1.807, 2.05) is 18.2 Å². The summed E-state index contributed by atoms with van der Waals surface area (Å²) in [5.74, 6) is 4.94. The van der Waals surface area contributed by atoms with Gasteiger partial charge >= 0.3 is 0 Å². The monoisotopic (exact) mass is 280 g/mol. The molecule has 0 spiro atoms. The molecule has 1 aromatic rings. The molecule has 0 heterocycles. The first-order valence-corrected chi connectivity index (χ1v) is 3.76. The molecule has 1 aromatic carbocycles. The van der Waals surface area contributed by atoms with E-state index in [-0.39, 0.29) is 46.7 Å². The van der Waals surface area contributed by atoms with Gasteiger partial charge < -0.3 is 17.1 Å². The van der Waals surface area contributed by atoms with Gasteiger partial charge in [-0.25, -0.2) is 5.90 Å². The van der Waals surface area contributed by atoms with Crippen LogP contribution in [0.15, 0.2) is 30.8 Å².